The molecule has 2 aliphatic carbocycles. The summed E-state index contributed by atoms with van der Waals surface area (Å²) in [6.45, 7) is 0.952. The Kier molecular flexibility index (Phi) is 3.84. The first kappa shape index (κ1) is 12.0. The molecule has 1 aromatic rings. The third-order valence-corrected chi connectivity index (χ3v) is 3.98. The van der Waals surface area contributed by atoms with Crippen LogP contribution in [0.15, 0.2) is 24.3 Å². The average molecular weight is 245 g/mol. The number of rotatable bonds is 5. The SMILES string of the molecule is c1ccc(OC2CCCCC2)c(CNC2CC2)c1. The molecule has 2 fully saturated rings. The fourth-order valence-corrected chi connectivity index (χ4v) is 2.67. The maximum atomic E-state index is 6.20. The van der Waals surface area contributed by atoms with E-state index in [2.05, 4.69) is 29.6 Å². The zero-order chi connectivity index (χ0) is 12.2. The van der Waals surface area contributed by atoms with Crippen LogP contribution >= 0.6 is 0 Å². The normalized spacial score (nSPS) is 20.9. The molecule has 2 saturated carbocycles. The van der Waals surface area contributed by atoms with Crippen LogP contribution in [0.4, 0.5) is 0 Å². The van der Waals surface area contributed by atoms with Gasteiger partial charge in [-0.1, -0.05) is 24.6 Å². The highest BCUT2D eigenvalue weighted by Crippen LogP contribution is 2.27. The Labute approximate surface area is 110 Å². The molecule has 0 heterocycles. The highest BCUT2D eigenvalue weighted by molar-refractivity contribution is 5.33. The summed E-state index contributed by atoms with van der Waals surface area (Å²) < 4.78 is 6.20. The molecule has 18 heavy (non-hydrogen) atoms. The monoisotopic (exact) mass is 245 g/mol. The van der Waals surface area contributed by atoms with Crippen molar-refractivity contribution in [2.24, 2.45) is 0 Å². The van der Waals surface area contributed by atoms with Crippen LogP contribution in [-0.2, 0) is 6.54 Å². The Morgan fingerprint density at radius 1 is 1.00 bits per heavy atom. The molecule has 1 aromatic carbocycles. The van der Waals surface area contributed by atoms with Crippen molar-refractivity contribution in [3.63, 3.8) is 0 Å². The molecule has 0 atom stereocenters. The van der Waals surface area contributed by atoms with Crippen molar-refractivity contribution < 1.29 is 4.74 Å². The largest absolute Gasteiger partial charge is 0.490 e. The van der Waals surface area contributed by atoms with Crippen LogP contribution in [0.2, 0.25) is 0 Å². The van der Waals surface area contributed by atoms with Crippen LogP contribution in [0.1, 0.15) is 50.5 Å². The molecule has 98 valence electrons. The first-order chi connectivity index (χ1) is 8.92. The number of hydrogen-bond acceptors (Lipinski definition) is 2. The summed E-state index contributed by atoms with van der Waals surface area (Å²) >= 11 is 0. The third-order valence-electron chi connectivity index (χ3n) is 3.98. The van der Waals surface area contributed by atoms with Crippen LogP contribution in [0, 0.1) is 0 Å². The van der Waals surface area contributed by atoms with Crippen LogP contribution < -0.4 is 10.1 Å². The molecule has 0 radical (unpaired) electrons. The number of ether oxygens (including phenoxy) is 1. The van der Waals surface area contributed by atoms with Crippen molar-refractivity contribution in [1.29, 1.82) is 0 Å². The van der Waals surface area contributed by atoms with Gasteiger partial charge in [-0.3, -0.25) is 0 Å². The molecule has 1 N–H and O–H groups in total. The van der Waals surface area contributed by atoms with Crippen LogP contribution in [-0.4, -0.2) is 12.1 Å². The summed E-state index contributed by atoms with van der Waals surface area (Å²) in [6, 6.07) is 9.26. The van der Waals surface area contributed by atoms with E-state index < -0.39 is 0 Å². The number of benzene rings is 1. The van der Waals surface area contributed by atoms with Crippen molar-refractivity contribution in [3.05, 3.63) is 29.8 Å². The van der Waals surface area contributed by atoms with Gasteiger partial charge in [-0.05, 0) is 44.6 Å². The van der Waals surface area contributed by atoms with E-state index in [0.29, 0.717) is 6.10 Å². The molecule has 0 unspecified atom stereocenters. The second-order valence-electron chi connectivity index (χ2n) is 5.64. The van der Waals surface area contributed by atoms with E-state index in [-0.39, 0.29) is 0 Å². The second-order valence-corrected chi connectivity index (χ2v) is 5.64. The number of para-hydroxylation sites is 1. The molecule has 2 nitrogen and oxygen atoms in total. The van der Waals surface area contributed by atoms with E-state index in [9.17, 15) is 0 Å². The first-order valence-corrected chi connectivity index (χ1v) is 7.40. The molecule has 0 spiro atoms. The van der Waals surface area contributed by atoms with Gasteiger partial charge in [-0.25, -0.2) is 0 Å². The van der Waals surface area contributed by atoms with Gasteiger partial charge in [-0.15, -0.1) is 0 Å². The van der Waals surface area contributed by atoms with Crippen LogP contribution in [0.25, 0.3) is 0 Å². The number of hydrogen-bond donors (Lipinski definition) is 1. The highest BCUT2D eigenvalue weighted by atomic mass is 16.5. The molecule has 0 bridgehead atoms. The molecule has 0 saturated heterocycles. The maximum Gasteiger partial charge on any atom is 0.124 e. The fourth-order valence-electron chi connectivity index (χ4n) is 2.67. The van der Waals surface area contributed by atoms with Crippen LogP contribution in [0.3, 0.4) is 0 Å². The predicted octanol–water partition coefficient (Wildman–Crippen LogP) is 3.65. The molecule has 2 aliphatic rings. The van der Waals surface area contributed by atoms with Gasteiger partial charge < -0.3 is 10.1 Å². The average Bonchev–Trinajstić information content (AvgIpc) is 3.23. The Morgan fingerprint density at radius 3 is 2.56 bits per heavy atom. The fraction of sp³-hybridized carbons (Fsp3) is 0.625. The molecule has 0 aromatic heterocycles. The quantitative estimate of drug-likeness (QED) is 0.855. The van der Waals surface area contributed by atoms with E-state index in [0.717, 1.165) is 18.3 Å². The van der Waals surface area contributed by atoms with E-state index in [1.807, 2.05) is 0 Å². The lowest BCUT2D eigenvalue weighted by molar-refractivity contribution is 0.153. The summed E-state index contributed by atoms with van der Waals surface area (Å²) in [5.74, 6) is 1.09. The summed E-state index contributed by atoms with van der Waals surface area (Å²) in [7, 11) is 0. The van der Waals surface area contributed by atoms with Crippen LogP contribution in [0.5, 0.6) is 5.75 Å². The number of nitrogens with one attached hydrogen (secondary N) is 1. The summed E-state index contributed by atoms with van der Waals surface area (Å²) in [5.41, 5.74) is 1.31. The lowest BCUT2D eigenvalue weighted by Crippen LogP contribution is -2.21. The first-order valence-electron chi connectivity index (χ1n) is 7.40. The Bertz CT molecular complexity index is 380. The topological polar surface area (TPSA) is 21.3 Å². The zero-order valence-corrected chi connectivity index (χ0v) is 11.0. The van der Waals surface area contributed by atoms with Gasteiger partial charge in [-0.2, -0.15) is 0 Å². The third kappa shape index (κ3) is 3.26. The minimum Gasteiger partial charge on any atom is -0.490 e. The van der Waals surface area contributed by atoms with Crippen molar-refractivity contribution in [2.45, 2.75) is 63.6 Å². The van der Waals surface area contributed by atoms with E-state index in [4.69, 9.17) is 4.74 Å². The van der Waals surface area contributed by atoms with Crippen molar-refractivity contribution >= 4 is 0 Å². The molecular formula is C16H23NO. The molecular weight excluding hydrogens is 222 g/mol. The highest BCUT2D eigenvalue weighted by Gasteiger charge is 2.21. The predicted molar refractivity (Wildman–Crippen MR) is 73.8 cm³/mol. The van der Waals surface area contributed by atoms with Crippen molar-refractivity contribution in [3.8, 4) is 5.75 Å². The van der Waals surface area contributed by atoms with E-state index >= 15 is 0 Å². The molecule has 0 aliphatic heterocycles. The Balaban J connectivity index is 1.61. The lowest BCUT2D eigenvalue weighted by Gasteiger charge is -2.24. The van der Waals surface area contributed by atoms with Gasteiger partial charge in [0.15, 0.2) is 0 Å². The Hall–Kier alpha value is -1.02. The van der Waals surface area contributed by atoms with Gasteiger partial charge in [0, 0.05) is 18.2 Å². The minimum atomic E-state index is 0.445. The van der Waals surface area contributed by atoms with E-state index in [1.54, 1.807) is 0 Å². The smallest absolute Gasteiger partial charge is 0.124 e. The van der Waals surface area contributed by atoms with E-state index in [1.165, 1.54) is 50.5 Å². The Morgan fingerprint density at radius 2 is 1.78 bits per heavy atom. The molecule has 2 heteroatoms. The summed E-state index contributed by atoms with van der Waals surface area (Å²) in [4.78, 5) is 0. The van der Waals surface area contributed by atoms with Gasteiger partial charge in [0.25, 0.3) is 0 Å². The van der Waals surface area contributed by atoms with Gasteiger partial charge in [0.2, 0.25) is 0 Å². The van der Waals surface area contributed by atoms with Crippen molar-refractivity contribution in [2.75, 3.05) is 0 Å². The summed E-state index contributed by atoms with van der Waals surface area (Å²) in [6.07, 6.45) is 9.61. The van der Waals surface area contributed by atoms with Gasteiger partial charge >= 0.3 is 0 Å². The zero-order valence-electron chi connectivity index (χ0n) is 11.0. The molecule has 0 amide bonds. The van der Waals surface area contributed by atoms with Gasteiger partial charge in [0.1, 0.15) is 5.75 Å². The second kappa shape index (κ2) is 5.75. The summed E-state index contributed by atoms with van der Waals surface area (Å²) in [5, 5.41) is 3.57. The maximum absolute atomic E-state index is 6.20. The minimum absolute atomic E-state index is 0.445. The van der Waals surface area contributed by atoms with Gasteiger partial charge in [0.05, 0.1) is 6.10 Å². The standard InChI is InChI=1S/C16H23NO/c1-2-7-15(8-3-1)18-16-9-5-4-6-13(16)12-17-14-10-11-14/h4-6,9,14-15,17H,1-3,7-8,10-12H2. The lowest BCUT2D eigenvalue weighted by atomic mass is 9.97. The molecule has 3 rings (SSSR count). The van der Waals surface area contributed by atoms with Crippen molar-refractivity contribution in [1.82, 2.24) is 5.32 Å².